The molecule has 0 aliphatic carbocycles. The van der Waals surface area contributed by atoms with Crippen molar-refractivity contribution in [3.05, 3.63) is 0 Å². The van der Waals surface area contributed by atoms with E-state index in [4.69, 9.17) is 4.74 Å². The predicted molar refractivity (Wildman–Crippen MR) is 116 cm³/mol. The highest BCUT2D eigenvalue weighted by Gasteiger charge is 2.26. The third-order valence-electron chi connectivity index (χ3n) is 5.85. The van der Waals surface area contributed by atoms with Crippen molar-refractivity contribution < 1.29 is 4.74 Å². The number of piperidine rings is 1. The second kappa shape index (κ2) is 12.4. The summed E-state index contributed by atoms with van der Waals surface area (Å²) in [6, 6.07) is 0. The molecule has 0 aromatic heterocycles. The summed E-state index contributed by atoms with van der Waals surface area (Å²) in [6.45, 7) is 17.0. The SMILES string of the molecule is CC(C)(C)OCCCCCCCCCCCC1CCN(C(C)(C)C)CC1. The molecule has 1 rings (SSSR count). The first-order chi connectivity index (χ1) is 12.2. The Morgan fingerprint density at radius 2 is 1.15 bits per heavy atom. The molecule has 156 valence electrons. The Kier molecular flexibility index (Phi) is 11.4. The van der Waals surface area contributed by atoms with Gasteiger partial charge in [0, 0.05) is 12.1 Å². The van der Waals surface area contributed by atoms with E-state index in [1.807, 2.05) is 0 Å². The lowest BCUT2D eigenvalue weighted by molar-refractivity contribution is -0.00475. The zero-order chi connectivity index (χ0) is 19.5. The van der Waals surface area contributed by atoms with Gasteiger partial charge in [0.2, 0.25) is 0 Å². The molecule has 0 amide bonds. The summed E-state index contributed by atoms with van der Waals surface area (Å²) < 4.78 is 5.77. The van der Waals surface area contributed by atoms with Crippen LogP contribution < -0.4 is 0 Å². The number of ether oxygens (including phenoxy) is 1. The molecule has 1 saturated heterocycles. The van der Waals surface area contributed by atoms with E-state index >= 15 is 0 Å². The summed E-state index contributed by atoms with van der Waals surface area (Å²) in [4.78, 5) is 2.67. The number of hydrogen-bond acceptors (Lipinski definition) is 2. The molecule has 0 saturated carbocycles. The quantitative estimate of drug-likeness (QED) is 0.338. The van der Waals surface area contributed by atoms with E-state index in [1.165, 1.54) is 90.1 Å². The van der Waals surface area contributed by atoms with Crippen molar-refractivity contribution in [2.75, 3.05) is 19.7 Å². The van der Waals surface area contributed by atoms with E-state index in [0.29, 0.717) is 5.54 Å². The lowest BCUT2D eigenvalue weighted by atomic mass is 9.89. The molecular formula is C24H49NO. The van der Waals surface area contributed by atoms with E-state index in [0.717, 1.165) is 12.5 Å². The first-order valence-electron chi connectivity index (χ1n) is 11.6. The van der Waals surface area contributed by atoms with E-state index in [9.17, 15) is 0 Å². The number of unbranched alkanes of at least 4 members (excludes halogenated alkanes) is 8. The minimum Gasteiger partial charge on any atom is -0.376 e. The van der Waals surface area contributed by atoms with Crippen LogP contribution in [0.5, 0.6) is 0 Å². The van der Waals surface area contributed by atoms with Gasteiger partial charge in [-0.2, -0.15) is 0 Å². The third kappa shape index (κ3) is 12.3. The molecular weight excluding hydrogens is 318 g/mol. The van der Waals surface area contributed by atoms with Crippen molar-refractivity contribution in [2.24, 2.45) is 5.92 Å². The second-order valence-electron chi connectivity index (χ2n) is 10.5. The van der Waals surface area contributed by atoms with Crippen LogP contribution in [0.1, 0.15) is 119 Å². The number of rotatable bonds is 12. The van der Waals surface area contributed by atoms with Gasteiger partial charge in [0.25, 0.3) is 0 Å². The molecule has 0 aromatic rings. The zero-order valence-electron chi connectivity index (χ0n) is 19.0. The Morgan fingerprint density at radius 1 is 0.692 bits per heavy atom. The Hall–Kier alpha value is -0.0800. The van der Waals surface area contributed by atoms with Crippen LogP contribution in [0.4, 0.5) is 0 Å². The van der Waals surface area contributed by atoms with Crippen molar-refractivity contribution in [1.82, 2.24) is 4.90 Å². The van der Waals surface area contributed by atoms with Gasteiger partial charge in [0.05, 0.1) is 5.60 Å². The molecule has 0 bridgehead atoms. The van der Waals surface area contributed by atoms with Gasteiger partial charge in [-0.3, -0.25) is 4.90 Å². The van der Waals surface area contributed by atoms with Gasteiger partial charge in [-0.15, -0.1) is 0 Å². The molecule has 2 nitrogen and oxygen atoms in total. The van der Waals surface area contributed by atoms with Crippen LogP contribution in [0.15, 0.2) is 0 Å². The van der Waals surface area contributed by atoms with Crippen molar-refractivity contribution in [2.45, 2.75) is 130 Å². The zero-order valence-corrected chi connectivity index (χ0v) is 19.0. The lowest BCUT2D eigenvalue weighted by Gasteiger charge is -2.41. The predicted octanol–water partition coefficient (Wildman–Crippen LogP) is 7.21. The number of nitrogens with zero attached hydrogens (tertiary/aromatic N) is 1. The molecule has 0 aromatic carbocycles. The lowest BCUT2D eigenvalue weighted by Crippen LogP contribution is -2.46. The third-order valence-corrected chi connectivity index (χ3v) is 5.85. The van der Waals surface area contributed by atoms with Gasteiger partial charge in [0.1, 0.15) is 0 Å². The van der Waals surface area contributed by atoms with E-state index < -0.39 is 0 Å². The highest BCUT2D eigenvalue weighted by molar-refractivity contribution is 4.81. The van der Waals surface area contributed by atoms with Crippen molar-refractivity contribution in [3.63, 3.8) is 0 Å². The smallest absolute Gasteiger partial charge is 0.0598 e. The highest BCUT2D eigenvalue weighted by Crippen LogP contribution is 2.27. The topological polar surface area (TPSA) is 12.5 Å². The Bertz CT molecular complexity index is 331. The summed E-state index contributed by atoms with van der Waals surface area (Å²) in [6.07, 6.45) is 17.0. The molecule has 1 heterocycles. The van der Waals surface area contributed by atoms with Crippen LogP contribution in [-0.2, 0) is 4.74 Å². The summed E-state index contributed by atoms with van der Waals surface area (Å²) in [5.41, 5.74) is 0.397. The average molecular weight is 368 g/mol. The van der Waals surface area contributed by atoms with E-state index in [2.05, 4.69) is 46.4 Å². The van der Waals surface area contributed by atoms with Gasteiger partial charge < -0.3 is 4.74 Å². The Balaban J connectivity index is 1.83. The van der Waals surface area contributed by atoms with Gasteiger partial charge in [-0.1, -0.05) is 57.8 Å². The van der Waals surface area contributed by atoms with Crippen molar-refractivity contribution >= 4 is 0 Å². The van der Waals surface area contributed by atoms with Gasteiger partial charge in [-0.05, 0) is 79.8 Å². The Labute approximate surface area is 165 Å². The first-order valence-corrected chi connectivity index (χ1v) is 11.6. The van der Waals surface area contributed by atoms with E-state index in [-0.39, 0.29) is 5.60 Å². The van der Waals surface area contributed by atoms with Gasteiger partial charge in [-0.25, -0.2) is 0 Å². The maximum atomic E-state index is 5.77. The molecule has 0 N–H and O–H groups in total. The number of hydrogen-bond donors (Lipinski definition) is 0. The van der Waals surface area contributed by atoms with Crippen molar-refractivity contribution in [3.8, 4) is 0 Å². The second-order valence-corrected chi connectivity index (χ2v) is 10.5. The minimum absolute atomic E-state index is 0.0313. The maximum Gasteiger partial charge on any atom is 0.0598 e. The molecule has 0 radical (unpaired) electrons. The maximum absolute atomic E-state index is 5.77. The van der Waals surface area contributed by atoms with Crippen molar-refractivity contribution in [1.29, 1.82) is 0 Å². The summed E-state index contributed by atoms with van der Waals surface area (Å²) in [7, 11) is 0. The largest absolute Gasteiger partial charge is 0.376 e. The number of likely N-dealkylation sites (tertiary alicyclic amines) is 1. The molecule has 1 aliphatic rings. The standard InChI is InChI=1S/C24H49NO/c1-23(2,3)25-19-17-22(18-20-25)16-14-12-10-8-7-9-11-13-15-21-26-24(4,5)6/h22H,7-21H2,1-6H3. The highest BCUT2D eigenvalue weighted by atomic mass is 16.5. The van der Waals surface area contributed by atoms with Crippen LogP contribution >= 0.6 is 0 Å². The molecule has 2 heteroatoms. The van der Waals surface area contributed by atoms with E-state index in [1.54, 1.807) is 0 Å². The fourth-order valence-corrected chi connectivity index (χ4v) is 4.04. The summed E-state index contributed by atoms with van der Waals surface area (Å²) in [5, 5.41) is 0. The van der Waals surface area contributed by atoms with Crippen LogP contribution in [-0.4, -0.2) is 35.7 Å². The van der Waals surface area contributed by atoms with Crippen LogP contribution in [0, 0.1) is 5.92 Å². The van der Waals surface area contributed by atoms with Crippen LogP contribution in [0.3, 0.4) is 0 Å². The molecule has 1 aliphatic heterocycles. The molecule has 0 atom stereocenters. The summed E-state index contributed by atoms with van der Waals surface area (Å²) >= 11 is 0. The average Bonchev–Trinajstić information content (AvgIpc) is 2.54. The first kappa shape index (κ1) is 24.0. The molecule has 0 spiro atoms. The summed E-state index contributed by atoms with van der Waals surface area (Å²) in [5.74, 6) is 1.00. The molecule has 1 fully saturated rings. The normalized spacial score (nSPS) is 17.8. The van der Waals surface area contributed by atoms with Crippen LogP contribution in [0.25, 0.3) is 0 Å². The monoisotopic (exact) mass is 367 g/mol. The van der Waals surface area contributed by atoms with Gasteiger partial charge >= 0.3 is 0 Å². The fraction of sp³-hybridized carbons (Fsp3) is 1.00. The van der Waals surface area contributed by atoms with Crippen LogP contribution in [0.2, 0.25) is 0 Å². The van der Waals surface area contributed by atoms with Gasteiger partial charge in [0.15, 0.2) is 0 Å². The Morgan fingerprint density at radius 3 is 1.62 bits per heavy atom. The fourth-order valence-electron chi connectivity index (χ4n) is 4.04. The molecule has 0 unspecified atom stereocenters. The minimum atomic E-state index is 0.0313. The molecule has 26 heavy (non-hydrogen) atoms.